The number of hydrogen-bond donors (Lipinski definition) is 0. The average Bonchev–Trinajstić information content (AvgIpc) is 2.19. The summed E-state index contributed by atoms with van der Waals surface area (Å²) in [7, 11) is 1.80. The van der Waals surface area contributed by atoms with Crippen LogP contribution in [-0.4, -0.2) is 14.2 Å². The Morgan fingerprint density at radius 3 is 2.00 bits per heavy atom. The van der Waals surface area contributed by atoms with Gasteiger partial charge in [-0.3, -0.25) is 0 Å². The lowest BCUT2D eigenvalue weighted by molar-refractivity contribution is 0.607. The lowest BCUT2D eigenvalue weighted by atomic mass is 10.1. The Kier molecular flexibility index (Phi) is 5.29. The summed E-state index contributed by atoms with van der Waals surface area (Å²) in [6.07, 6.45) is 3.58. The first kappa shape index (κ1) is 13.5. The van der Waals surface area contributed by atoms with Crippen LogP contribution in [0.3, 0.4) is 0 Å². The maximum Gasteiger partial charge on any atom is 0.232 e. The Morgan fingerprint density at radius 1 is 1.06 bits per heavy atom. The van der Waals surface area contributed by atoms with E-state index in [4.69, 9.17) is 10.7 Å². The van der Waals surface area contributed by atoms with E-state index in [-0.39, 0.29) is 5.75 Å². The fraction of sp³-hybridized carbons (Fsp3) is 0.500. The molecule has 0 aromatic heterocycles. The molecule has 0 fully saturated rings. The van der Waals surface area contributed by atoms with E-state index in [9.17, 15) is 8.42 Å². The van der Waals surface area contributed by atoms with Gasteiger partial charge in [-0.05, 0) is 30.4 Å². The van der Waals surface area contributed by atoms with Gasteiger partial charge in [0.2, 0.25) is 9.05 Å². The van der Waals surface area contributed by atoms with Gasteiger partial charge in [0.25, 0.3) is 0 Å². The van der Waals surface area contributed by atoms with E-state index >= 15 is 0 Å². The largest absolute Gasteiger partial charge is 0.232 e. The highest BCUT2D eigenvalue weighted by atomic mass is 35.7. The zero-order chi connectivity index (χ0) is 12.0. The fourth-order valence-corrected chi connectivity index (χ4v) is 2.43. The first-order valence-corrected chi connectivity index (χ1v) is 7.99. The molecule has 0 aliphatic heterocycles. The van der Waals surface area contributed by atoms with Crippen molar-refractivity contribution in [3.8, 4) is 0 Å². The molecule has 90 valence electrons. The molecule has 0 radical (unpaired) electrons. The molecule has 0 bridgehead atoms. The standard InChI is InChI=1S/C12H17ClO2S/c1-2-4-11-6-8-12(9-7-11)5-3-10-16(13,14)15/h6-9H,2-5,10H2,1H3. The highest BCUT2D eigenvalue weighted by molar-refractivity contribution is 8.13. The second kappa shape index (κ2) is 6.26. The summed E-state index contributed by atoms with van der Waals surface area (Å²) in [6, 6.07) is 8.33. The molecule has 1 aromatic carbocycles. The number of hydrogen-bond acceptors (Lipinski definition) is 2. The van der Waals surface area contributed by atoms with E-state index in [0.717, 1.165) is 19.3 Å². The molecule has 0 atom stereocenters. The molecular formula is C12H17ClO2S. The molecule has 0 saturated heterocycles. The van der Waals surface area contributed by atoms with Gasteiger partial charge in [0.05, 0.1) is 5.75 Å². The lowest BCUT2D eigenvalue weighted by Crippen LogP contribution is -1.99. The minimum Gasteiger partial charge on any atom is -0.212 e. The first-order chi connectivity index (χ1) is 7.51. The fourth-order valence-electron chi connectivity index (χ4n) is 1.61. The minimum atomic E-state index is -3.34. The monoisotopic (exact) mass is 260 g/mol. The van der Waals surface area contributed by atoms with Gasteiger partial charge in [-0.1, -0.05) is 37.6 Å². The normalized spacial score (nSPS) is 11.6. The van der Waals surface area contributed by atoms with Crippen molar-refractivity contribution >= 4 is 19.7 Å². The Labute approximate surface area is 102 Å². The van der Waals surface area contributed by atoms with Crippen LogP contribution in [0.1, 0.15) is 30.9 Å². The lowest BCUT2D eigenvalue weighted by Gasteiger charge is -2.02. The molecule has 16 heavy (non-hydrogen) atoms. The maximum atomic E-state index is 10.7. The Morgan fingerprint density at radius 2 is 1.56 bits per heavy atom. The van der Waals surface area contributed by atoms with Crippen molar-refractivity contribution in [2.45, 2.75) is 32.6 Å². The summed E-state index contributed by atoms with van der Waals surface area (Å²) in [5.74, 6) is 0.0469. The topological polar surface area (TPSA) is 34.1 Å². The molecule has 1 aromatic rings. The van der Waals surface area contributed by atoms with Gasteiger partial charge in [0, 0.05) is 10.7 Å². The quantitative estimate of drug-likeness (QED) is 0.737. The van der Waals surface area contributed by atoms with Crippen LogP contribution in [0, 0.1) is 0 Å². The van der Waals surface area contributed by atoms with Crippen LogP contribution in [0.2, 0.25) is 0 Å². The Hall–Kier alpha value is -0.540. The first-order valence-electron chi connectivity index (χ1n) is 5.51. The molecular weight excluding hydrogens is 244 g/mol. The van der Waals surface area contributed by atoms with Gasteiger partial charge in [-0.25, -0.2) is 8.42 Å². The second-order valence-electron chi connectivity index (χ2n) is 3.91. The molecule has 0 saturated carbocycles. The van der Waals surface area contributed by atoms with Gasteiger partial charge < -0.3 is 0 Å². The van der Waals surface area contributed by atoms with Crippen LogP contribution in [-0.2, 0) is 21.9 Å². The third-order valence-corrected chi connectivity index (χ3v) is 3.65. The van der Waals surface area contributed by atoms with Crippen LogP contribution in [0.5, 0.6) is 0 Å². The van der Waals surface area contributed by atoms with E-state index in [1.54, 1.807) is 0 Å². The van der Waals surface area contributed by atoms with Crippen LogP contribution < -0.4 is 0 Å². The maximum absolute atomic E-state index is 10.7. The predicted octanol–water partition coefficient (Wildman–Crippen LogP) is 3.14. The molecule has 4 heteroatoms. The van der Waals surface area contributed by atoms with Crippen LogP contribution in [0.15, 0.2) is 24.3 Å². The van der Waals surface area contributed by atoms with E-state index in [2.05, 4.69) is 31.2 Å². The molecule has 0 amide bonds. The van der Waals surface area contributed by atoms with Gasteiger partial charge in [-0.2, -0.15) is 0 Å². The number of rotatable bonds is 6. The predicted molar refractivity (Wildman–Crippen MR) is 68.4 cm³/mol. The van der Waals surface area contributed by atoms with Crippen LogP contribution >= 0.6 is 10.7 Å². The summed E-state index contributed by atoms with van der Waals surface area (Å²) in [5.41, 5.74) is 2.50. The van der Waals surface area contributed by atoms with Crippen LogP contribution in [0.25, 0.3) is 0 Å². The van der Waals surface area contributed by atoms with Gasteiger partial charge in [0.1, 0.15) is 0 Å². The summed E-state index contributed by atoms with van der Waals surface area (Å²) in [6.45, 7) is 2.15. The van der Waals surface area contributed by atoms with Crippen molar-refractivity contribution in [1.82, 2.24) is 0 Å². The summed E-state index contributed by atoms with van der Waals surface area (Å²) in [4.78, 5) is 0. The molecule has 0 aliphatic carbocycles. The summed E-state index contributed by atoms with van der Waals surface area (Å²) in [5, 5.41) is 0. The molecule has 1 rings (SSSR count). The zero-order valence-electron chi connectivity index (χ0n) is 9.45. The van der Waals surface area contributed by atoms with Gasteiger partial charge in [0.15, 0.2) is 0 Å². The minimum absolute atomic E-state index is 0.0469. The summed E-state index contributed by atoms with van der Waals surface area (Å²) >= 11 is 0. The van der Waals surface area contributed by atoms with Crippen molar-refractivity contribution in [1.29, 1.82) is 0 Å². The Bertz CT molecular complexity index is 409. The smallest absolute Gasteiger partial charge is 0.212 e. The van der Waals surface area contributed by atoms with Crippen molar-refractivity contribution < 1.29 is 8.42 Å². The van der Waals surface area contributed by atoms with E-state index < -0.39 is 9.05 Å². The van der Waals surface area contributed by atoms with Crippen molar-refractivity contribution in [2.24, 2.45) is 0 Å². The van der Waals surface area contributed by atoms with Crippen molar-refractivity contribution in [3.05, 3.63) is 35.4 Å². The third kappa shape index (κ3) is 5.52. The number of aryl methyl sites for hydroxylation is 2. The SMILES string of the molecule is CCCc1ccc(CCCS(=O)(=O)Cl)cc1. The highest BCUT2D eigenvalue weighted by Gasteiger charge is 2.04. The highest BCUT2D eigenvalue weighted by Crippen LogP contribution is 2.10. The number of halogens is 1. The van der Waals surface area contributed by atoms with Gasteiger partial charge in [-0.15, -0.1) is 0 Å². The van der Waals surface area contributed by atoms with E-state index in [1.165, 1.54) is 11.1 Å². The molecule has 0 heterocycles. The van der Waals surface area contributed by atoms with Crippen molar-refractivity contribution in [3.63, 3.8) is 0 Å². The molecule has 0 N–H and O–H groups in total. The number of benzene rings is 1. The molecule has 0 aliphatic rings. The summed E-state index contributed by atoms with van der Waals surface area (Å²) < 4.78 is 21.5. The second-order valence-corrected chi connectivity index (χ2v) is 6.81. The molecule has 2 nitrogen and oxygen atoms in total. The molecule has 0 spiro atoms. The van der Waals surface area contributed by atoms with E-state index in [0.29, 0.717) is 6.42 Å². The van der Waals surface area contributed by atoms with E-state index in [1.807, 2.05) is 0 Å². The van der Waals surface area contributed by atoms with Crippen molar-refractivity contribution in [2.75, 3.05) is 5.75 Å². The average molecular weight is 261 g/mol. The Balaban J connectivity index is 2.43. The van der Waals surface area contributed by atoms with Crippen LogP contribution in [0.4, 0.5) is 0 Å². The third-order valence-electron chi connectivity index (χ3n) is 2.42. The zero-order valence-corrected chi connectivity index (χ0v) is 11.0. The van der Waals surface area contributed by atoms with Gasteiger partial charge >= 0.3 is 0 Å². The molecule has 0 unspecified atom stereocenters.